The molecule has 2 fully saturated rings. The van der Waals surface area contributed by atoms with Crippen molar-refractivity contribution >= 4 is 16.6 Å². The number of nitrogens with zero attached hydrogens (tertiary/aromatic N) is 2. The Morgan fingerprint density at radius 1 is 1.15 bits per heavy atom. The molecule has 1 aliphatic carbocycles. The zero-order valence-corrected chi connectivity index (χ0v) is 17.7. The lowest BCUT2D eigenvalue weighted by Crippen LogP contribution is -2.55. The number of fused-ring (bicyclic) bond motifs is 1. The van der Waals surface area contributed by atoms with Gasteiger partial charge in [-0.15, -0.1) is 0 Å². The first-order valence-electron chi connectivity index (χ1n) is 10.3. The summed E-state index contributed by atoms with van der Waals surface area (Å²) in [5.74, 6) is -7.44. The summed E-state index contributed by atoms with van der Waals surface area (Å²) in [5, 5.41) is -0.0874. The van der Waals surface area contributed by atoms with E-state index < -0.39 is 41.1 Å². The highest BCUT2D eigenvalue weighted by Gasteiger charge is 2.63. The Morgan fingerprint density at radius 3 is 2.33 bits per heavy atom. The molecule has 182 valence electrons. The number of nitrogens with one attached hydrogen (secondary N) is 1. The van der Waals surface area contributed by atoms with Crippen LogP contribution in [0.3, 0.4) is 0 Å². The second kappa shape index (κ2) is 7.67. The second-order valence-electron chi connectivity index (χ2n) is 8.55. The summed E-state index contributed by atoms with van der Waals surface area (Å²) in [4.78, 5) is 28.5. The number of rotatable bonds is 5. The van der Waals surface area contributed by atoms with Crippen LogP contribution in [-0.4, -0.2) is 47.9 Å². The van der Waals surface area contributed by atoms with Gasteiger partial charge in [-0.05, 0) is 32.1 Å². The zero-order chi connectivity index (χ0) is 24.5. The van der Waals surface area contributed by atoms with Crippen LogP contribution in [0.5, 0.6) is 5.75 Å². The quantitative estimate of drug-likeness (QED) is 0.643. The van der Waals surface area contributed by atoms with Crippen molar-refractivity contribution in [1.82, 2.24) is 9.55 Å². The van der Waals surface area contributed by atoms with E-state index in [0.29, 0.717) is 12.8 Å². The molecule has 0 radical (unpaired) electrons. The van der Waals surface area contributed by atoms with Crippen LogP contribution in [-0.2, 0) is 0 Å². The van der Waals surface area contributed by atoms with Crippen molar-refractivity contribution in [2.45, 2.75) is 50.4 Å². The first-order valence-corrected chi connectivity index (χ1v) is 10.3. The maximum Gasteiger partial charge on any atom is 0.454 e. The number of anilines is 1. The molecule has 1 saturated heterocycles. The van der Waals surface area contributed by atoms with Crippen molar-refractivity contribution in [3.05, 3.63) is 32.2 Å². The van der Waals surface area contributed by atoms with Crippen LogP contribution in [0.2, 0.25) is 0 Å². The molecule has 1 aromatic heterocycles. The van der Waals surface area contributed by atoms with E-state index in [1.54, 1.807) is 0 Å². The lowest BCUT2D eigenvalue weighted by molar-refractivity contribution is -0.293. The van der Waals surface area contributed by atoms with Gasteiger partial charge < -0.3 is 15.4 Å². The van der Waals surface area contributed by atoms with Crippen LogP contribution in [0.25, 0.3) is 10.9 Å². The summed E-state index contributed by atoms with van der Waals surface area (Å²) in [6, 6.07) is -2.75. The summed E-state index contributed by atoms with van der Waals surface area (Å²) < 4.78 is 88.1. The molecule has 2 unspecified atom stereocenters. The minimum absolute atomic E-state index is 0.0658. The van der Waals surface area contributed by atoms with Gasteiger partial charge in [0.15, 0.2) is 11.6 Å². The van der Waals surface area contributed by atoms with Crippen molar-refractivity contribution in [2.75, 3.05) is 25.1 Å². The Hall–Kier alpha value is -2.70. The highest BCUT2D eigenvalue weighted by Crippen LogP contribution is 2.46. The molecule has 7 nitrogen and oxygen atoms in total. The SMILES string of the molecule is COc1c(N2CCC(C(N)C(F)(F)C(F)(F)F)C2)c(F)c(C)c2c(=O)[nH]c(=O)n(C3CC3)c12. The van der Waals surface area contributed by atoms with Crippen LogP contribution >= 0.6 is 0 Å². The van der Waals surface area contributed by atoms with E-state index in [1.165, 1.54) is 23.5 Å². The number of H-pyrrole nitrogens is 1. The number of ether oxygens (including phenoxy) is 1. The molecule has 0 amide bonds. The van der Waals surface area contributed by atoms with Crippen molar-refractivity contribution in [3.63, 3.8) is 0 Å². The van der Waals surface area contributed by atoms with Gasteiger partial charge in [-0.2, -0.15) is 22.0 Å². The van der Waals surface area contributed by atoms with Crippen molar-refractivity contribution < 1.29 is 31.1 Å². The van der Waals surface area contributed by atoms with E-state index in [1.807, 2.05) is 0 Å². The molecular formula is C20H22F6N4O3. The van der Waals surface area contributed by atoms with E-state index in [2.05, 4.69) is 4.98 Å². The van der Waals surface area contributed by atoms with Gasteiger partial charge in [0.1, 0.15) is 11.2 Å². The number of hydrogen-bond acceptors (Lipinski definition) is 5. The van der Waals surface area contributed by atoms with Crippen molar-refractivity contribution in [1.29, 1.82) is 0 Å². The number of aromatic amines is 1. The summed E-state index contributed by atoms with van der Waals surface area (Å²) in [6.07, 6.45) is -4.65. The molecule has 1 saturated carbocycles. The van der Waals surface area contributed by atoms with E-state index in [4.69, 9.17) is 10.5 Å². The Bertz CT molecular complexity index is 1220. The van der Waals surface area contributed by atoms with Gasteiger partial charge >= 0.3 is 17.8 Å². The van der Waals surface area contributed by atoms with Crippen molar-refractivity contribution in [3.8, 4) is 5.75 Å². The maximum absolute atomic E-state index is 15.5. The van der Waals surface area contributed by atoms with E-state index >= 15 is 4.39 Å². The minimum atomic E-state index is -5.82. The third kappa shape index (κ3) is 3.56. The molecule has 0 spiro atoms. The van der Waals surface area contributed by atoms with Crippen LogP contribution < -0.4 is 26.6 Å². The van der Waals surface area contributed by atoms with Crippen molar-refractivity contribution in [2.24, 2.45) is 11.7 Å². The molecule has 1 aromatic carbocycles. The molecule has 4 rings (SSSR count). The van der Waals surface area contributed by atoms with Gasteiger partial charge in [0.2, 0.25) is 0 Å². The predicted molar refractivity (Wildman–Crippen MR) is 108 cm³/mol. The number of alkyl halides is 5. The summed E-state index contributed by atoms with van der Waals surface area (Å²) >= 11 is 0. The molecule has 13 heteroatoms. The summed E-state index contributed by atoms with van der Waals surface area (Å²) in [7, 11) is 1.20. The number of hydrogen-bond donors (Lipinski definition) is 2. The number of aryl methyl sites for hydroxylation is 1. The predicted octanol–water partition coefficient (Wildman–Crippen LogP) is 2.83. The van der Waals surface area contributed by atoms with E-state index in [9.17, 15) is 31.5 Å². The number of benzene rings is 1. The van der Waals surface area contributed by atoms with Gasteiger partial charge in [0.25, 0.3) is 5.56 Å². The molecule has 33 heavy (non-hydrogen) atoms. The smallest absolute Gasteiger partial charge is 0.454 e. The van der Waals surface area contributed by atoms with Crippen LogP contribution in [0.1, 0.15) is 30.9 Å². The normalized spacial score (nSPS) is 20.5. The molecule has 0 bridgehead atoms. The molecule has 2 heterocycles. The number of nitrogens with two attached hydrogens (primary N) is 1. The summed E-state index contributed by atoms with van der Waals surface area (Å²) in [6.45, 7) is 0.873. The average molecular weight is 480 g/mol. The van der Waals surface area contributed by atoms with Gasteiger partial charge in [-0.3, -0.25) is 14.3 Å². The van der Waals surface area contributed by atoms with E-state index in [-0.39, 0.29) is 53.5 Å². The fourth-order valence-corrected chi connectivity index (χ4v) is 4.54. The van der Waals surface area contributed by atoms with Crippen LogP contribution in [0.4, 0.5) is 32.0 Å². The summed E-state index contributed by atoms with van der Waals surface area (Å²) in [5.41, 5.74) is 3.58. The lowest BCUT2D eigenvalue weighted by atomic mass is 9.94. The third-order valence-electron chi connectivity index (χ3n) is 6.45. The monoisotopic (exact) mass is 480 g/mol. The molecule has 2 aliphatic rings. The van der Waals surface area contributed by atoms with E-state index in [0.717, 1.165) is 0 Å². The number of halogens is 6. The third-order valence-corrected chi connectivity index (χ3v) is 6.45. The minimum Gasteiger partial charge on any atom is -0.492 e. The van der Waals surface area contributed by atoms with Crippen LogP contribution in [0, 0.1) is 18.7 Å². The molecule has 3 N–H and O–H groups in total. The fourth-order valence-electron chi connectivity index (χ4n) is 4.54. The number of methoxy groups -OCH3 is 1. The molecule has 2 atom stereocenters. The molecular weight excluding hydrogens is 458 g/mol. The molecule has 1 aliphatic heterocycles. The first kappa shape index (κ1) is 23.5. The van der Waals surface area contributed by atoms with Crippen LogP contribution in [0.15, 0.2) is 9.59 Å². The topological polar surface area (TPSA) is 93.3 Å². The Labute approximate surface area is 183 Å². The zero-order valence-electron chi connectivity index (χ0n) is 17.7. The Balaban J connectivity index is 1.84. The fraction of sp³-hybridized carbons (Fsp3) is 0.600. The van der Waals surface area contributed by atoms with Gasteiger partial charge in [-0.25, -0.2) is 9.18 Å². The maximum atomic E-state index is 15.5. The largest absolute Gasteiger partial charge is 0.492 e. The Morgan fingerprint density at radius 2 is 1.79 bits per heavy atom. The number of aromatic nitrogens is 2. The molecule has 2 aromatic rings. The first-order chi connectivity index (χ1) is 15.3. The van der Waals surface area contributed by atoms with Gasteiger partial charge in [0, 0.05) is 24.7 Å². The van der Waals surface area contributed by atoms with Gasteiger partial charge in [0.05, 0.1) is 18.5 Å². The second-order valence-corrected chi connectivity index (χ2v) is 8.55. The Kier molecular flexibility index (Phi) is 5.45. The van der Waals surface area contributed by atoms with Gasteiger partial charge in [-0.1, -0.05) is 0 Å². The standard InChI is InChI=1S/C20H22F6N4O3/c1-8-11-13(30(10-3-4-10)18(32)28-17(11)31)15(33-2)14(12(8)21)29-6-5-9(7-29)16(27)19(22,23)20(24,25)26/h9-10,16H,3-7,27H2,1-2H3,(H,28,31,32). The highest BCUT2D eigenvalue weighted by atomic mass is 19.4. The average Bonchev–Trinajstić information content (AvgIpc) is 3.44. The lowest BCUT2D eigenvalue weighted by Gasteiger charge is -2.30. The highest BCUT2D eigenvalue weighted by molar-refractivity contribution is 5.93.